The lowest BCUT2D eigenvalue weighted by Gasteiger charge is -2.41. The van der Waals surface area contributed by atoms with E-state index in [1.807, 2.05) is 42.5 Å². The van der Waals surface area contributed by atoms with Crippen molar-refractivity contribution in [3.8, 4) is 11.3 Å². The second-order valence-corrected chi connectivity index (χ2v) is 10.3. The predicted octanol–water partition coefficient (Wildman–Crippen LogP) is 5.38. The molecule has 5 nitrogen and oxygen atoms in total. The Labute approximate surface area is 211 Å². The van der Waals surface area contributed by atoms with Gasteiger partial charge in [0, 0.05) is 48.5 Å². The highest BCUT2D eigenvalue weighted by molar-refractivity contribution is 6.30. The number of amides is 1. The molecule has 2 aromatic carbocycles. The minimum Gasteiger partial charge on any atom is -0.334 e. The highest BCUT2D eigenvalue weighted by Gasteiger charge is 2.42. The van der Waals surface area contributed by atoms with E-state index in [0.717, 1.165) is 60.0 Å². The first-order valence-electron chi connectivity index (χ1n) is 12.4. The number of aryl methyl sites for hydroxylation is 1. The molecule has 0 aliphatic carbocycles. The van der Waals surface area contributed by atoms with E-state index >= 15 is 0 Å². The van der Waals surface area contributed by atoms with Crippen molar-refractivity contribution in [1.29, 1.82) is 0 Å². The van der Waals surface area contributed by atoms with Crippen LogP contribution in [0.15, 0.2) is 72.9 Å². The Morgan fingerprint density at radius 2 is 1.69 bits per heavy atom. The molecule has 2 saturated heterocycles. The number of carbonyl (C=O) groups is 1. The molecule has 6 heteroatoms. The summed E-state index contributed by atoms with van der Waals surface area (Å²) >= 11 is 6.15. The molecule has 2 aliphatic rings. The molecule has 4 heterocycles. The second-order valence-electron chi connectivity index (χ2n) is 9.83. The maximum atomic E-state index is 13.3. The standard InChI is InChI=1S/C29H29ClN4O/c1-20-6-2-3-7-22(20)16-28(35)34-24-13-14-25(34)18-32(17-24)19-26-29(21-9-11-23(30)12-10-21)31-27-8-4-5-15-33(26)27/h2-12,15,24-25H,13-14,16-19H2,1H3. The van der Waals surface area contributed by atoms with Gasteiger partial charge in [-0.15, -0.1) is 0 Å². The van der Waals surface area contributed by atoms with Crippen molar-refractivity contribution in [3.63, 3.8) is 0 Å². The molecule has 1 amide bonds. The van der Waals surface area contributed by atoms with Crippen LogP contribution in [-0.2, 0) is 17.8 Å². The summed E-state index contributed by atoms with van der Waals surface area (Å²) in [5.74, 6) is 0.267. The number of likely N-dealkylation sites (tertiary alicyclic amines) is 1. The molecule has 6 rings (SSSR count). The zero-order valence-corrected chi connectivity index (χ0v) is 20.7. The highest BCUT2D eigenvalue weighted by Crippen LogP contribution is 2.33. The Kier molecular flexibility index (Phi) is 5.83. The Hall–Kier alpha value is -3.15. The van der Waals surface area contributed by atoms with Gasteiger partial charge in [0.05, 0.1) is 17.8 Å². The topological polar surface area (TPSA) is 40.9 Å². The molecule has 178 valence electrons. The summed E-state index contributed by atoms with van der Waals surface area (Å²) in [6.07, 6.45) is 4.75. The fraction of sp³-hybridized carbons (Fsp3) is 0.310. The lowest BCUT2D eigenvalue weighted by atomic mass is 10.0. The van der Waals surface area contributed by atoms with Crippen molar-refractivity contribution in [2.45, 2.75) is 44.8 Å². The second kappa shape index (κ2) is 9.14. The third-order valence-electron chi connectivity index (χ3n) is 7.57. The average molecular weight is 485 g/mol. The van der Waals surface area contributed by atoms with Crippen LogP contribution in [0.3, 0.4) is 0 Å². The molecule has 2 bridgehead atoms. The largest absolute Gasteiger partial charge is 0.334 e. The smallest absolute Gasteiger partial charge is 0.227 e. The van der Waals surface area contributed by atoms with Gasteiger partial charge in [-0.2, -0.15) is 0 Å². The van der Waals surface area contributed by atoms with Crippen LogP contribution in [0.2, 0.25) is 5.02 Å². The van der Waals surface area contributed by atoms with Crippen LogP contribution in [0.4, 0.5) is 0 Å². The van der Waals surface area contributed by atoms with Crippen molar-refractivity contribution in [2.24, 2.45) is 0 Å². The summed E-state index contributed by atoms with van der Waals surface area (Å²) < 4.78 is 2.20. The van der Waals surface area contributed by atoms with Crippen molar-refractivity contribution >= 4 is 23.2 Å². The number of carbonyl (C=O) groups excluding carboxylic acids is 1. The summed E-state index contributed by atoms with van der Waals surface area (Å²) in [6.45, 7) is 4.69. The maximum Gasteiger partial charge on any atom is 0.227 e. The molecular weight excluding hydrogens is 456 g/mol. The first-order chi connectivity index (χ1) is 17.1. The molecule has 2 aromatic heterocycles. The number of aromatic nitrogens is 2. The number of hydrogen-bond donors (Lipinski definition) is 0. The van der Waals surface area contributed by atoms with Crippen LogP contribution in [0.25, 0.3) is 16.9 Å². The summed E-state index contributed by atoms with van der Waals surface area (Å²) in [5, 5.41) is 0.724. The number of rotatable bonds is 5. The third kappa shape index (κ3) is 4.24. The number of imidazole rings is 1. The van der Waals surface area contributed by atoms with Crippen LogP contribution in [0.5, 0.6) is 0 Å². The molecule has 0 radical (unpaired) electrons. The summed E-state index contributed by atoms with van der Waals surface area (Å²) in [5.41, 5.74) is 6.53. The van der Waals surface area contributed by atoms with E-state index in [2.05, 4.69) is 51.6 Å². The van der Waals surface area contributed by atoms with Crippen molar-refractivity contribution in [1.82, 2.24) is 19.2 Å². The Morgan fingerprint density at radius 1 is 0.971 bits per heavy atom. The lowest BCUT2D eigenvalue weighted by molar-refractivity contribution is -0.136. The summed E-state index contributed by atoms with van der Waals surface area (Å²) in [7, 11) is 0. The van der Waals surface area contributed by atoms with E-state index in [9.17, 15) is 4.79 Å². The van der Waals surface area contributed by atoms with Crippen molar-refractivity contribution < 1.29 is 4.79 Å². The van der Waals surface area contributed by atoms with Gasteiger partial charge in [-0.1, -0.05) is 54.1 Å². The number of piperazine rings is 1. The van der Waals surface area contributed by atoms with E-state index < -0.39 is 0 Å². The molecule has 2 atom stereocenters. The lowest BCUT2D eigenvalue weighted by Crippen LogP contribution is -2.55. The fourth-order valence-corrected chi connectivity index (χ4v) is 5.96. The van der Waals surface area contributed by atoms with E-state index in [1.54, 1.807) is 0 Å². The van der Waals surface area contributed by atoms with Crippen LogP contribution in [-0.4, -0.2) is 50.3 Å². The molecule has 4 aromatic rings. The summed E-state index contributed by atoms with van der Waals surface area (Å²) in [6, 6.07) is 22.8. The van der Waals surface area contributed by atoms with Gasteiger partial charge in [0.2, 0.25) is 5.91 Å². The van der Waals surface area contributed by atoms with Crippen LogP contribution in [0, 0.1) is 6.92 Å². The zero-order valence-electron chi connectivity index (χ0n) is 19.9. The maximum absolute atomic E-state index is 13.3. The quantitative estimate of drug-likeness (QED) is 0.382. The molecule has 2 fully saturated rings. The van der Waals surface area contributed by atoms with Gasteiger partial charge in [-0.25, -0.2) is 4.98 Å². The van der Waals surface area contributed by atoms with E-state index in [-0.39, 0.29) is 18.0 Å². The van der Waals surface area contributed by atoms with Crippen LogP contribution >= 0.6 is 11.6 Å². The average Bonchev–Trinajstić information content (AvgIpc) is 3.35. The van der Waals surface area contributed by atoms with Gasteiger partial charge < -0.3 is 9.30 Å². The van der Waals surface area contributed by atoms with Crippen molar-refractivity contribution in [2.75, 3.05) is 13.1 Å². The highest BCUT2D eigenvalue weighted by atomic mass is 35.5. The number of pyridine rings is 1. The molecular formula is C29H29ClN4O. The van der Waals surface area contributed by atoms with Gasteiger partial charge >= 0.3 is 0 Å². The summed E-state index contributed by atoms with van der Waals surface area (Å²) in [4.78, 5) is 23.0. The van der Waals surface area contributed by atoms with Gasteiger partial charge in [-0.05, 0) is 55.2 Å². The monoisotopic (exact) mass is 484 g/mol. The number of nitrogens with zero attached hydrogens (tertiary/aromatic N) is 4. The minimum atomic E-state index is 0.267. The van der Waals surface area contributed by atoms with Crippen LogP contribution < -0.4 is 0 Å². The number of hydrogen-bond acceptors (Lipinski definition) is 3. The Bertz CT molecular complexity index is 1370. The van der Waals surface area contributed by atoms with E-state index in [4.69, 9.17) is 16.6 Å². The normalized spacial score (nSPS) is 20.0. The molecule has 2 aliphatic heterocycles. The number of benzene rings is 2. The van der Waals surface area contributed by atoms with E-state index in [0.29, 0.717) is 6.42 Å². The first-order valence-corrected chi connectivity index (χ1v) is 12.7. The molecule has 2 unspecified atom stereocenters. The third-order valence-corrected chi connectivity index (χ3v) is 7.82. The number of fused-ring (bicyclic) bond motifs is 3. The molecule has 0 saturated carbocycles. The Balaban J connectivity index is 1.24. The molecule has 0 N–H and O–H groups in total. The Morgan fingerprint density at radius 3 is 2.43 bits per heavy atom. The van der Waals surface area contributed by atoms with E-state index in [1.165, 1.54) is 11.3 Å². The minimum absolute atomic E-state index is 0.267. The predicted molar refractivity (Wildman–Crippen MR) is 139 cm³/mol. The molecule has 35 heavy (non-hydrogen) atoms. The van der Waals surface area contributed by atoms with Crippen LogP contribution in [0.1, 0.15) is 29.7 Å². The zero-order chi connectivity index (χ0) is 23.9. The van der Waals surface area contributed by atoms with Gasteiger partial charge in [0.15, 0.2) is 0 Å². The van der Waals surface area contributed by atoms with Gasteiger partial charge in [0.25, 0.3) is 0 Å². The first kappa shape index (κ1) is 22.3. The van der Waals surface area contributed by atoms with Gasteiger partial charge in [-0.3, -0.25) is 9.69 Å². The van der Waals surface area contributed by atoms with Gasteiger partial charge in [0.1, 0.15) is 5.65 Å². The molecule has 0 spiro atoms. The SMILES string of the molecule is Cc1ccccc1CC(=O)N1C2CCC1CN(Cc1c(-c3ccc(Cl)cc3)nc3ccccn13)C2. The number of halogens is 1. The fourth-order valence-electron chi connectivity index (χ4n) is 5.84. The van der Waals surface area contributed by atoms with Crippen molar-refractivity contribution in [3.05, 3.63) is 94.8 Å².